The zero-order chi connectivity index (χ0) is 15.9. The molecular formula is C13H18N4O4S. The number of anilines is 1. The van der Waals surface area contributed by atoms with E-state index in [4.69, 9.17) is 4.74 Å². The SMILES string of the molecule is Cc1cc(N2CCOC2=O)nc(C2CCCN2S(C)(=O)=O)n1. The van der Waals surface area contributed by atoms with Gasteiger partial charge >= 0.3 is 6.09 Å². The highest BCUT2D eigenvalue weighted by atomic mass is 32.2. The number of carbonyl (C=O) groups is 1. The van der Waals surface area contributed by atoms with E-state index in [0.717, 1.165) is 6.42 Å². The van der Waals surface area contributed by atoms with Crippen LogP contribution in [0.1, 0.15) is 30.4 Å². The van der Waals surface area contributed by atoms with Crippen molar-refractivity contribution in [1.29, 1.82) is 0 Å². The Hall–Kier alpha value is -1.74. The highest BCUT2D eigenvalue weighted by Crippen LogP contribution is 2.33. The zero-order valence-electron chi connectivity index (χ0n) is 12.5. The summed E-state index contributed by atoms with van der Waals surface area (Å²) in [7, 11) is -3.31. The van der Waals surface area contributed by atoms with Gasteiger partial charge in [0.15, 0.2) is 0 Å². The van der Waals surface area contributed by atoms with Gasteiger partial charge in [-0.05, 0) is 19.8 Å². The van der Waals surface area contributed by atoms with Crippen molar-refractivity contribution in [3.8, 4) is 0 Å². The minimum absolute atomic E-state index is 0.329. The molecule has 0 bridgehead atoms. The fraction of sp³-hybridized carbons (Fsp3) is 0.615. The molecule has 8 nitrogen and oxygen atoms in total. The van der Waals surface area contributed by atoms with Crippen molar-refractivity contribution in [2.45, 2.75) is 25.8 Å². The van der Waals surface area contributed by atoms with Crippen molar-refractivity contribution in [2.24, 2.45) is 0 Å². The third-order valence-electron chi connectivity index (χ3n) is 3.82. The molecule has 0 N–H and O–H groups in total. The average molecular weight is 326 g/mol. The van der Waals surface area contributed by atoms with Crippen LogP contribution in [0.25, 0.3) is 0 Å². The molecule has 0 radical (unpaired) electrons. The van der Waals surface area contributed by atoms with E-state index in [0.29, 0.717) is 43.5 Å². The molecule has 1 amide bonds. The van der Waals surface area contributed by atoms with Gasteiger partial charge in [-0.25, -0.2) is 23.2 Å². The van der Waals surface area contributed by atoms with Gasteiger partial charge in [0.25, 0.3) is 0 Å². The van der Waals surface area contributed by atoms with E-state index in [1.54, 1.807) is 13.0 Å². The summed E-state index contributed by atoms with van der Waals surface area (Å²) >= 11 is 0. The smallest absolute Gasteiger partial charge is 0.415 e. The maximum atomic E-state index is 11.9. The molecule has 1 aromatic rings. The molecule has 3 heterocycles. The van der Waals surface area contributed by atoms with Crippen molar-refractivity contribution < 1.29 is 17.9 Å². The van der Waals surface area contributed by atoms with E-state index in [-0.39, 0.29) is 6.04 Å². The Morgan fingerprint density at radius 3 is 2.73 bits per heavy atom. The lowest BCUT2D eigenvalue weighted by molar-refractivity contribution is 0.181. The summed E-state index contributed by atoms with van der Waals surface area (Å²) in [5.41, 5.74) is 0.694. The number of hydrogen-bond donors (Lipinski definition) is 0. The molecule has 2 fully saturated rings. The number of cyclic esters (lactones) is 1. The molecule has 1 unspecified atom stereocenters. The van der Waals surface area contributed by atoms with E-state index in [9.17, 15) is 13.2 Å². The summed E-state index contributed by atoms with van der Waals surface area (Å²) in [4.78, 5) is 21.9. The van der Waals surface area contributed by atoms with Gasteiger partial charge in [0.05, 0.1) is 18.8 Å². The number of nitrogens with zero attached hydrogens (tertiary/aromatic N) is 4. The van der Waals surface area contributed by atoms with Crippen LogP contribution in [0, 0.1) is 6.92 Å². The van der Waals surface area contributed by atoms with Crippen LogP contribution in [0.3, 0.4) is 0 Å². The number of ether oxygens (including phenoxy) is 1. The van der Waals surface area contributed by atoms with Gasteiger partial charge in [0, 0.05) is 18.3 Å². The van der Waals surface area contributed by atoms with E-state index >= 15 is 0 Å². The number of amides is 1. The molecule has 0 saturated carbocycles. The number of sulfonamides is 1. The quantitative estimate of drug-likeness (QED) is 0.817. The van der Waals surface area contributed by atoms with Crippen LogP contribution in [0.2, 0.25) is 0 Å². The largest absolute Gasteiger partial charge is 0.447 e. The fourth-order valence-corrected chi connectivity index (χ4v) is 3.98. The van der Waals surface area contributed by atoms with Gasteiger partial charge in [-0.1, -0.05) is 0 Å². The standard InChI is InChI=1S/C13H18N4O4S/c1-9-8-11(16-6-7-21-13(16)18)15-12(14-9)10-4-3-5-17(10)22(2,19)20/h8,10H,3-7H2,1-2H3. The van der Waals surface area contributed by atoms with E-state index in [2.05, 4.69) is 9.97 Å². The number of aryl methyl sites for hydroxylation is 1. The first-order valence-corrected chi connectivity index (χ1v) is 8.98. The summed E-state index contributed by atoms with van der Waals surface area (Å²) in [6.45, 7) is 3.04. The Labute approximate surface area is 129 Å². The first-order chi connectivity index (χ1) is 10.4. The second-order valence-electron chi connectivity index (χ2n) is 5.52. The molecule has 3 rings (SSSR count). The van der Waals surface area contributed by atoms with E-state index in [1.165, 1.54) is 15.5 Å². The van der Waals surface area contributed by atoms with Gasteiger partial charge in [0.1, 0.15) is 18.2 Å². The first-order valence-electron chi connectivity index (χ1n) is 7.13. The molecular weight excluding hydrogens is 308 g/mol. The first kappa shape index (κ1) is 15.2. The van der Waals surface area contributed by atoms with Gasteiger partial charge < -0.3 is 4.74 Å². The Balaban J connectivity index is 1.97. The molecule has 1 aromatic heterocycles. The van der Waals surface area contributed by atoms with Gasteiger partial charge in [-0.2, -0.15) is 4.31 Å². The molecule has 0 spiro atoms. The third-order valence-corrected chi connectivity index (χ3v) is 5.11. The lowest BCUT2D eigenvalue weighted by atomic mass is 10.2. The van der Waals surface area contributed by atoms with E-state index < -0.39 is 16.1 Å². The van der Waals surface area contributed by atoms with Gasteiger partial charge in [-0.3, -0.25) is 4.90 Å². The molecule has 1 atom stereocenters. The van der Waals surface area contributed by atoms with Gasteiger partial charge in [0.2, 0.25) is 10.0 Å². The predicted octanol–water partition coefficient (Wildman–Crippen LogP) is 0.838. The molecule has 2 saturated heterocycles. The molecule has 9 heteroatoms. The second-order valence-corrected chi connectivity index (χ2v) is 7.46. The minimum Gasteiger partial charge on any atom is -0.447 e. The van der Waals surface area contributed by atoms with Crippen LogP contribution in [0.15, 0.2) is 6.07 Å². The maximum absolute atomic E-state index is 11.9. The Morgan fingerprint density at radius 1 is 1.32 bits per heavy atom. The highest BCUT2D eigenvalue weighted by Gasteiger charge is 2.35. The monoisotopic (exact) mass is 326 g/mol. The van der Waals surface area contributed by atoms with Crippen LogP contribution in [0.4, 0.5) is 10.6 Å². The second kappa shape index (κ2) is 5.47. The zero-order valence-corrected chi connectivity index (χ0v) is 13.3. The Morgan fingerprint density at radius 2 is 2.09 bits per heavy atom. The molecule has 0 aliphatic carbocycles. The topological polar surface area (TPSA) is 92.7 Å². The molecule has 2 aliphatic heterocycles. The number of aromatic nitrogens is 2. The van der Waals surface area contributed by atoms with Crippen LogP contribution >= 0.6 is 0 Å². The number of hydrogen-bond acceptors (Lipinski definition) is 6. The van der Waals surface area contributed by atoms with Crippen molar-refractivity contribution in [1.82, 2.24) is 14.3 Å². The summed E-state index contributed by atoms with van der Waals surface area (Å²) < 4.78 is 30.1. The lowest BCUT2D eigenvalue weighted by Crippen LogP contribution is -2.31. The van der Waals surface area contributed by atoms with Crippen molar-refractivity contribution in [3.63, 3.8) is 0 Å². The van der Waals surface area contributed by atoms with Crippen molar-refractivity contribution >= 4 is 21.9 Å². The number of rotatable bonds is 3. The van der Waals surface area contributed by atoms with Crippen LogP contribution in [-0.4, -0.2) is 54.7 Å². The van der Waals surface area contributed by atoms with Gasteiger partial charge in [-0.15, -0.1) is 0 Å². The van der Waals surface area contributed by atoms with Crippen molar-refractivity contribution in [3.05, 3.63) is 17.6 Å². The fourth-order valence-electron chi connectivity index (χ4n) is 2.86. The average Bonchev–Trinajstić information content (AvgIpc) is 3.05. The van der Waals surface area contributed by atoms with Crippen LogP contribution in [-0.2, 0) is 14.8 Å². The summed E-state index contributed by atoms with van der Waals surface area (Å²) in [5.74, 6) is 0.906. The Bertz CT molecular complexity index is 706. The molecule has 0 aromatic carbocycles. The number of carbonyl (C=O) groups excluding carboxylic acids is 1. The summed E-state index contributed by atoms with van der Waals surface area (Å²) in [6, 6.07) is 1.34. The normalized spacial score (nSPS) is 23.1. The predicted molar refractivity (Wildman–Crippen MR) is 79.0 cm³/mol. The van der Waals surface area contributed by atoms with Crippen molar-refractivity contribution in [2.75, 3.05) is 30.9 Å². The van der Waals surface area contributed by atoms with E-state index in [1.807, 2.05) is 0 Å². The van der Waals surface area contributed by atoms with Crippen LogP contribution in [0.5, 0.6) is 0 Å². The maximum Gasteiger partial charge on any atom is 0.415 e. The highest BCUT2D eigenvalue weighted by molar-refractivity contribution is 7.88. The lowest BCUT2D eigenvalue weighted by Gasteiger charge is -2.22. The Kier molecular flexibility index (Phi) is 3.77. The molecule has 120 valence electrons. The van der Waals surface area contributed by atoms with Crippen LogP contribution < -0.4 is 4.90 Å². The minimum atomic E-state index is -3.31. The summed E-state index contributed by atoms with van der Waals surface area (Å²) in [6.07, 6.45) is 2.21. The third kappa shape index (κ3) is 2.78. The summed E-state index contributed by atoms with van der Waals surface area (Å²) in [5, 5.41) is 0. The molecule has 2 aliphatic rings. The molecule has 22 heavy (non-hydrogen) atoms.